The van der Waals surface area contributed by atoms with Crippen molar-refractivity contribution >= 4 is 38.2 Å². The number of benzene rings is 3. The monoisotopic (exact) mass is 417 g/mol. The number of pyridine rings is 1. The zero-order valence-electron chi connectivity index (χ0n) is 16.2. The molecule has 150 valence electrons. The van der Waals surface area contributed by atoms with Crippen LogP contribution in [0.4, 0.5) is 11.4 Å². The molecule has 1 N–H and O–H groups in total. The molecule has 1 amide bonds. The smallest absolute Gasteiger partial charge is 0.264 e. The van der Waals surface area contributed by atoms with Gasteiger partial charge in [-0.2, -0.15) is 0 Å². The van der Waals surface area contributed by atoms with Crippen LogP contribution in [0, 0.1) is 0 Å². The first kappa shape index (κ1) is 19.6. The maximum absolute atomic E-state index is 13.2. The lowest BCUT2D eigenvalue weighted by Crippen LogP contribution is -2.27. The van der Waals surface area contributed by atoms with Crippen LogP contribution in [0.2, 0.25) is 0 Å². The van der Waals surface area contributed by atoms with Crippen LogP contribution in [0.1, 0.15) is 10.4 Å². The summed E-state index contributed by atoms with van der Waals surface area (Å²) in [5.41, 5.74) is 1.54. The lowest BCUT2D eigenvalue weighted by molar-refractivity contribution is 0.0994. The molecule has 0 aliphatic heterocycles. The van der Waals surface area contributed by atoms with Crippen molar-refractivity contribution in [1.82, 2.24) is 4.98 Å². The van der Waals surface area contributed by atoms with Gasteiger partial charge >= 0.3 is 0 Å². The zero-order valence-corrected chi connectivity index (χ0v) is 17.0. The fraction of sp³-hybridized carbons (Fsp3) is 0.0435. The molecule has 30 heavy (non-hydrogen) atoms. The van der Waals surface area contributed by atoms with Crippen LogP contribution in [0.3, 0.4) is 0 Å². The van der Waals surface area contributed by atoms with E-state index in [4.69, 9.17) is 0 Å². The molecule has 4 aromatic rings. The van der Waals surface area contributed by atoms with Gasteiger partial charge in [0, 0.05) is 24.3 Å². The SMILES string of the molecule is CN(C(=O)c1ccccc1NS(=O)(=O)c1cccc2cccnc12)c1ccccc1. The normalized spacial score (nSPS) is 11.2. The van der Waals surface area contributed by atoms with Crippen LogP contribution in [0.25, 0.3) is 10.9 Å². The van der Waals surface area contributed by atoms with E-state index in [0.717, 1.165) is 0 Å². The Hall–Kier alpha value is -3.71. The van der Waals surface area contributed by atoms with E-state index in [9.17, 15) is 13.2 Å². The van der Waals surface area contributed by atoms with Crippen molar-refractivity contribution in [2.24, 2.45) is 0 Å². The van der Waals surface area contributed by atoms with Crippen LogP contribution >= 0.6 is 0 Å². The maximum Gasteiger partial charge on any atom is 0.264 e. The first-order valence-corrected chi connectivity index (χ1v) is 10.7. The predicted molar refractivity (Wildman–Crippen MR) is 118 cm³/mol. The minimum absolute atomic E-state index is 0.0549. The van der Waals surface area contributed by atoms with Gasteiger partial charge in [-0.25, -0.2) is 8.42 Å². The van der Waals surface area contributed by atoms with Crippen molar-refractivity contribution in [2.45, 2.75) is 4.90 Å². The molecular weight excluding hydrogens is 398 g/mol. The first-order chi connectivity index (χ1) is 14.5. The third-order valence-corrected chi connectivity index (χ3v) is 6.13. The van der Waals surface area contributed by atoms with Gasteiger partial charge in [0.05, 0.1) is 16.8 Å². The van der Waals surface area contributed by atoms with Gasteiger partial charge in [0.15, 0.2) is 0 Å². The Kier molecular flexibility index (Phi) is 5.20. The van der Waals surface area contributed by atoms with Gasteiger partial charge in [-0.1, -0.05) is 48.5 Å². The highest BCUT2D eigenvalue weighted by Gasteiger charge is 2.23. The Balaban J connectivity index is 1.71. The number of anilines is 2. The Morgan fingerprint density at radius 2 is 1.57 bits per heavy atom. The van der Waals surface area contributed by atoms with Crippen molar-refractivity contribution in [3.8, 4) is 0 Å². The van der Waals surface area contributed by atoms with E-state index < -0.39 is 10.0 Å². The van der Waals surface area contributed by atoms with Gasteiger partial charge < -0.3 is 4.90 Å². The highest BCUT2D eigenvalue weighted by Crippen LogP contribution is 2.26. The average molecular weight is 417 g/mol. The van der Waals surface area contributed by atoms with Crippen molar-refractivity contribution in [3.05, 3.63) is 96.7 Å². The van der Waals surface area contributed by atoms with E-state index in [-0.39, 0.29) is 22.1 Å². The minimum atomic E-state index is -3.97. The lowest BCUT2D eigenvalue weighted by Gasteiger charge is -2.20. The maximum atomic E-state index is 13.2. The van der Waals surface area contributed by atoms with Crippen molar-refractivity contribution in [3.63, 3.8) is 0 Å². The number of para-hydroxylation sites is 3. The Bertz CT molecular complexity index is 1320. The summed E-state index contributed by atoms with van der Waals surface area (Å²) < 4.78 is 28.9. The van der Waals surface area contributed by atoms with E-state index >= 15 is 0 Å². The zero-order chi connectivity index (χ0) is 21.1. The summed E-state index contributed by atoms with van der Waals surface area (Å²) >= 11 is 0. The molecule has 0 saturated carbocycles. The Morgan fingerprint density at radius 3 is 2.37 bits per heavy atom. The molecular formula is C23H19N3O3S. The molecule has 0 saturated heterocycles. The number of amides is 1. The van der Waals surface area contributed by atoms with Gasteiger partial charge in [-0.3, -0.25) is 14.5 Å². The molecule has 0 unspecified atom stereocenters. The van der Waals surface area contributed by atoms with Crippen molar-refractivity contribution in [2.75, 3.05) is 16.7 Å². The molecule has 0 aliphatic carbocycles. The number of hydrogen-bond acceptors (Lipinski definition) is 4. The summed E-state index contributed by atoms with van der Waals surface area (Å²) in [4.78, 5) is 18.8. The molecule has 3 aromatic carbocycles. The number of fused-ring (bicyclic) bond motifs is 1. The molecule has 6 nitrogen and oxygen atoms in total. The van der Waals surface area contributed by atoms with E-state index in [1.807, 2.05) is 30.3 Å². The standard InChI is InChI=1S/C23H19N3O3S/c1-26(18-11-3-2-4-12-18)23(27)19-13-5-6-14-20(19)25-30(28,29)21-15-7-9-17-10-8-16-24-22(17)21/h2-16,25H,1H3. The Morgan fingerprint density at radius 1 is 0.867 bits per heavy atom. The van der Waals surface area contributed by atoms with Crippen LogP contribution in [0.15, 0.2) is 96.0 Å². The number of aromatic nitrogens is 1. The second-order valence-electron chi connectivity index (χ2n) is 6.68. The second kappa shape index (κ2) is 7.96. The highest BCUT2D eigenvalue weighted by atomic mass is 32.2. The topological polar surface area (TPSA) is 79.4 Å². The van der Waals surface area contributed by atoms with Crippen LogP contribution < -0.4 is 9.62 Å². The van der Waals surface area contributed by atoms with Gasteiger partial charge in [0.25, 0.3) is 15.9 Å². The van der Waals surface area contributed by atoms with Crippen LogP contribution in [0.5, 0.6) is 0 Å². The van der Waals surface area contributed by atoms with E-state index in [1.165, 1.54) is 11.0 Å². The van der Waals surface area contributed by atoms with Crippen molar-refractivity contribution in [1.29, 1.82) is 0 Å². The Labute approximate surface area is 174 Å². The number of carbonyl (C=O) groups is 1. The fourth-order valence-corrected chi connectivity index (χ4v) is 4.46. The molecule has 0 spiro atoms. The molecule has 1 heterocycles. The van der Waals surface area contributed by atoms with Gasteiger partial charge in [-0.05, 0) is 36.4 Å². The fourth-order valence-electron chi connectivity index (χ4n) is 3.20. The van der Waals surface area contributed by atoms with Gasteiger partial charge in [0.2, 0.25) is 0 Å². The predicted octanol–water partition coefficient (Wildman–Crippen LogP) is 4.31. The number of nitrogens with one attached hydrogen (secondary N) is 1. The van der Waals surface area contributed by atoms with Gasteiger partial charge in [-0.15, -0.1) is 0 Å². The first-order valence-electron chi connectivity index (χ1n) is 9.26. The van der Waals surface area contributed by atoms with E-state index in [0.29, 0.717) is 16.6 Å². The molecule has 1 aromatic heterocycles. The molecule has 0 fully saturated rings. The third-order valence-electron chi connectivity index (χ3n) is 4.74. The number of rotatable bonds is 5. The summed E-state index contributed by atoms with van der Waals surface area (Å²) in [6.07, 6.45) is 1.55. The minimum Gasteiger partial charge on any atom is -0.311 e. The highest BCUT2D eigenvalue weighted by molar-refractivity contribution is 7.93. The van der Waals surface area contributed by atoms with Crippen LogP contribution in [-0.2, 0) is 10.0 Å². The quantitative estimate of drug-likeness (QED) is 0.525. The van der Waals surface area contributed by atoms with E-state index in [1.54, 1.807) is 61.8 Å². The second-order valence-corrected chi connectivity index (χ2v) is 8.33. The number of sulfonamides is 1. The lowest BCUT2D eigenvalue weighted by atomic mass is 10.1. The third kappa shape index (κ3) is 3.75. The summed E-state index contributed by atoms with van der Waals surface area (Å²) in [6.45, 7) is 0. The molecule has 0 aliphatic rings. The summed E-state index contributed by atoms with van der Waals surface area (Å²) in [7, 11) is -2.32. The number of nitrogens with zero attached hydrogens (tertiary/aromatic N) is 2. The van der Waals surface area contributed by atoms with E-state index in [2.05, 4.69) is 9.71 Å². The molecule has 0 radical (unpaired) electrons. The number of carbonyl (C=O) groups excluding carboxylic acids is 1. The van der Waals surface area contributed by atoms with Crippen LogP contribution in [-0.4, -0.2) is 26.4 Å². The summed E-state index contributed by atoms with van der Waals surface area (Å²) in [5, 5.41) is 0.716. The molecule has 0 bridgehead atoms. The molecule has 0 atom stereocenters. The largest absolute Gasteiger partial charge is 0.311 e. The average Bonchev–Trinajstić information content (AvgIpc) is 2.78. The number of hydrogen-bond donors (Lipinski definition) is 1. The summed E-state index contributed by atoms with van der Waals surface area (Å²) in [5.74, 6) is -0.324. The molecule has 4 rings (SSSR count). The molecule has 7 heteroatoms. The summed E-state index contributed by atoms with van der Waals surface area (Å²) in [6, 6.07) is 24.2. The van der Waals surface area contributed by atoms with Gasteiger partial charge in [0.1, 0.15) is 4.90 Å². The van der Waals surface area contributed by atoms with Crippen molar-refractivity contribution < 1.29 is 13.2 Å².